The van der Waals surface area contributed by atoms with Gasteiger partial charge in [-0.1, -0.05) is 0 Å². The number of carbonyl (C=O) groups excluding carboxylic acids is 3. The number of nitrogens with one attached hydrogen (secondary N) is 2. The minimum atomic E-state index is -0.886. The van der Waals surface area contributed by atoms with Gasteiger partial charge in [0.2, 0.25) is 5.91 Å². The fourth-order valence-electron chi connectivity index (χ4n) is 2.33. The first kappa shape index (κ1) is 19.2. The first-order valence-corrected chi connectivity index (χ1v) is 7.73. The molecule has 23 heavy (non-hydrogen) atoms. The van der Waals surface area contributed by atoms with Crippen molar-refractivity contribution in [3.63, 3.8) is 0 Å². The van der Waals surface area contributed by atoms with Gasteiger partial charge in [-0.2, -0.15) is 0 Å². The number of hydrogen-bond donors (Lipinski definition) is 2. The van der Waals surface area contributed by atoms with E-state index in [-0.39, 0.29) is 18.2 Å². The number of hydroxylamine groups is 2. The largest absolute Gasteiger partial charge is 0.444 e. The Balaban J connectivity index is 2.78. The third-order valence-corrected chi connectivity index (χ3v) is 3.49. The van der Waals surface area contributed by atoms with Crippen molar-refractivity contribution in [3.05, 3.63) is 0 Å². The summed E-state index contributed by atoms with van der Waals surface area (Å²) in [6.07, 6.45) is 1.04. The summed E-state index contributed by atoms with van der Waals surface area (Å²) in [5, 5.41) is 6.35. The Hall–Kier alpha value is -1.83. The molecular formula is C15H27N3O5. The molecule has 1 aliphatic heterocycles. The maximum Gasteiger partial charge on any atom is 0.408 e. The summed E-state index contributed by atoms with van der Waals surface area (Å²) < 4.78 is 5.19. The summed E-state index contributed by atoms with van der Waals surface area (Å²) in [7, 11) is 2.81. The van der Waals surface area contributed by atoms with Gasteiger partial charge in [-0.25, -0.2) is 9.86 Å². The smallest absolute Gasteiger partial charge is 0.408 e. The molecule has 2 N–H and O–H groups in total. The van der Waals surface area contributed by atoms with Gasteiger partial charge in [0, 0.05) is 19.5 Å². The van der Waals surface area contributed by atoms with Gasteiger partial charge in [0.15, 0.2) is 0 Å². The van der Waals surface area contributed by atoms with Crippen molar-refractivity contribution in [3.8, 4) is 0 Å². The number of alkyl carbamates (subject to hydrolysis) is 1. The fourth-order valence-corrected chi connectivity index (χ4v) is 2.33. The molecule has 0 saturated carbocycles. The zero-order valence-electron chi connectivity index (χ0n) is 14.5. The van der Waals surface area contributed by atoms with E-state index in [1.165, 1.54) is 14.2 Å². The molecule has 1 fully saturated rings. The van der Waals surface area contributed by atoms with Crippen LogP contribution in [0.1, 0.15) is 40.0 Å². The van der Waals surface area contributed by atoms with Crippen LogP contribution in [0.3, 0.4) is 0 Å². The van der Waals surface area contributed by atoms with Gasteiger partial charge >= 0.3 is 6.09 Å². The van der Waals surface area contributed by atoms with E-state index in [2.05, 4.69) is 10.6 Å². The molecule has 0 spiro atoms. The zero-order chi connectivity index (χ0) is 17.6. The second-order valence-electron chi connectivity index (χ2n) is 6.58. The molecule has 8 nitrogen and oxygen atoms in total. The molecule has 0 aliphatic carbocycles. The van der Waals surface area contributed by atoms with Crippen LogP contribution >= 0.6 is 0 Å². The molecule has 1 rings (SSSR count). The minimum absolute atomic E-state index is 0.0971. The third-order valence-electron chi connectivity index (χ3n) is 3.49. The van der Waals surface area contributed by atoms with Gasteiger partial charge in [0.1, 0.15) is 11.6 Å². The van der Waals surface area contributed by atoms with Crippen LogP contribution in [0.5, 0.6) is 0 Å². The van der Waals surface area contributed by atoms with Crippen LogP contribution in [-0.2, 0) is 19.2 Å². The second-order valence-corrected chi connectivity index (χ2v) is 6.58. The molecule has 8 heteroatoms. The van der Waals surface area contributed by atoms with Crippen molar-refractivity contribution in [2.45, 2.75) is 51.7 Å². The van der Waals surface area contributed by atoms with E-state index >= 15 is 0 Å². The first-order valence-electron chi connectivity index (χ1n) is 7.73. The predicted octanol–water partition coefficient (Wildman–Crippen LogP) is 0.816. The van der Waals surface area contributed by atoms with Crippen LogP contribution in [0.4, 0.5) is 4.79 Å². The highest BCUT2D eigenvalue weighted by atomic mass is 16.7. The van der Waals surface area contributed by atoms with Gasteiger partial charge in [0.05, 0.1) is 7.11 Å². The molecule has 0 aromatic rings. The van der Waals surface area contributed by atoms with Crippen molar-refractivity contribution in [2.24, 2.45) is 5.92 Å². The predicted molar refractivity (Wildman–Crippen MR) is 83.3 cm³/mol. The second kappa shape index (κ2) is 8.14. The lowest BCUT2D eigenvalue weighted by Gasteiger charge is -2.29. The SMILES string of the molecule is CON(C)C(=O)C(C[C@@H]1CCCNC1=O)NC(=O)OC(C)(C)C. The third kappa shape index (κ3) is 6.43. The summed E-state index contributed by atoms with van der Waals surface area (Å²) in [5.41, 5.74) is -0.674. The van der Waals surface area contributed by atoms with Crippen molar-refractivity contribution < 1.29 is 24.0 Å². The number of amides is 3. The topological polar surface area (TPSA) is 97.0 Å². The molecule has 2 atom stereocenters. The summed E-state index contributed by atoms with van der Waals surface area (Å²) in [4.78, 5) is 41.1. The summed E-state index contributed by atoms with van der Waals surface area (Å²) in [6.45, 7) is 5.85. The van der Waals surface area contributed by atoms with Crippen LogP contribution in [0, 0.1) is 5.92 Å². The Bertz CT molecular complexity index is 447. The number of likely N-dealkylation sites (N-methyl/N-ethyl adjacent to an activating group) is 1. The summed E-state index contributed by atoms with van der Waals surface area (Å²) in [6, 6.07) is -0.886. The van der Waals surface area contributed by atoms with E-state index in [0.29, 0.717) is 13.0 Å². The molecular weight excluding hydrogens is 302 g/mol. The van der Waals surface area contributed by atoms with Crippen LogP contribution in [0.15, 0.2) is 0 Å². The average Bonchev–Trinajstić information content (AvgIpc) is 2.45. The monoisotopic (exact) mass is 329 g/mol. The van der Waals surface area contributed by atoms with E-state index in [1.807, 2.05) is 0 Å². The van der Waals surface area contributed by atoms with Crippen molar-refractivity contribution in [1.29, 1.82) is 0 Å². The zero-order valence-corrected chi connectivity index (χ0v) is 14.5. The van der Waals surface area contributed by atoms with Crippen molar-refractivity contribution in [1.82, 2.24) is 15.7 Å². The quantitative estimate of drug-likeness (QED) is 0.728. The van der Waals surface area contributed by atoms with Crippen LogP contribution in [0.25, 0.3) is 0 Å². The molecule has 0 aromatic heterocycles. The number of ether oxygens (including phenoxy) is 1. The van der Waals surface area contributed by atoms with E-state index in [1.54, 1.807) is 20.8 Å². The Labute approximate surface area is 136 Å². The van der Waals surface area contributed by atoms with Gasteiger partial charge in [-0.15, -0.1) is 0 Å². The highest BCUT2D eigenvalue weighted by Gasteiger charge is 2.32. The number of hydrogen-bond acceptors (Lipinski definition) is 5. The Morgan fingerprint density at radius 1 is 1.43 bits per heavy atom. The maximum atomic E-state index is 12.4. The molecule has 3 amide bonds. The molecule has 0 aromatic carbocycles. The van der Waals surface area contributed by atoms with Crippen molar-refractivity contribution >= 4 is 17.9 Å². The molecule has 1 saturated heterocycles. The van der Waals surface area contributed by atoms with Gasteiger partial charge in [0.25, 0.3) is 5.91 Å². The lowest BCUT2D eigenvalue weighted by molar-refractivity contribution is -0.171. The van der Waals surface area contributed by atoms with Crippen LogP contribution in [-0.4, -0.2) is 55.3 Å². The van der Waals surface area contributed by atoms with E-state index in [0.717, 1.165) is 11.5 Å². The normalized spacial score (nSPS) is 19.5. The summed E-state index contributed by atoms with van der Waals surface area (Å²) in [5.74, 6) is -0.852. The molecule has 1 unspecified atom stereocenters. The minimum Gasteiger partial charge on any atom is -0.444 e. The van der Waals surface area contributed by atoms with Gasteiger partial charge in [-0.05, 0) is 40.0 Å². The van der Waals surface area contributed by atoms with Crippen LogP contribution < -0.4 is 10.6 Å². The number of piperidine rings is 1. The number of carbonyl (C=O) groups is 3. The summed E-state index contributed by atoms with van der Waals surface area (Å²) >= 11 is 0. The highest BCUT2D eigenvalue weighted by Crippen LogP contribution is 2.19. The molecule has 1 heterocycles. The van der Waals surface area contributed by atoms with Crippen molar-refractivity contribution in [2.75, 3.05) is 20.7 Å². The van der Waals surface area contributed by atoms with E-state index < -0.39 is 23.6 Å². The lowest BCUT2D eigenvalue weighted by Crippen LogP contribution is -2.51. The Morgan fingerprint density at radius 2 is 2.09 bits per heavy atom. The first-order chi connectivity index (χ1) is 10.6. The van der Waals surface area contributed by atoms with Gasteiger partial charge < -0.3 is 15.4 Å². The van der Waals surface area contributed by atoms with Crippen LogP contribution in [0.2, 0.25) is 0 Å². The number of nitrogens with zero attached hydrogens (tertiary/aromatic N) is 1. The number of rotatable bonds is 5. The maximum absolute atomic E-state index is 12.4. The van der Waals surface area contributed by atoms with Gasteiger partial charge in [-0.3, -0.25) is 14.4 Å². The van der Waals surface area contributed by atoms with E-state index in [9.17, 15) is 14.4 Å². The standard InChI is InChI=1S/C15H27N3O5/c1-15(2,3)23-14(21)17-11(13(20)18(4)22-5)9-10-7-6-8-16-12(10)19/h10-11H,6-9H2,1-5H3,(H,16,19)(H,17,21)/t10-,11?/m0/s1. The lowest BCUT2D eigenvalue weighted by atomic mass is 9.91. The fraction of sp³-hybridized carbons (Fsp3) is 0.800. The highest BCUT2D eigenvalue weighted by molar-refractivity contribution is 5.86. The molecule has 0 radical (unpaired) electrons. The van der Waals surface area contributed by atoms with E-state index in [4.69, 9.17) is 9.57 Å². The Kier molecular flexibility index (Phi) is 6.80. The molecule has 1 aliphatic rings. The Morgan fingerprint density at radius 3 is 2.61 bits per heavy atom. The average molecular weight is 329 g/mol. The molecule has 132 valence electrons. The molecule has 0 bridgehead atoms.